The highest BCUT2D eigenvalue weighted by Gasteiger charge is 2.13. The lowest BCUT2D eigenvalue weighted by Gasteiger charge is -2.11. The van der Waals surface area contributed by atoms with E-state index in [4.69, 9.17) is 4.74 Å². The fraction of sp³-hybridized carbons (Fsp3) is 0.357. The van der Waals surface area contributed by atoms with Crippen molar-refractivity contribution in [2.45, 2.75) is 27.2 Å². The Morgan fingerprint density at radius 3 is 2.65 bits per heavy atom. The molecule has 106 valence electrons. The minimum absolute atomic E-state index is 0.0816. The first kappa shape index (κ1) is 14.0. The summed E-state index contributed by atoms with van der Waals surface area (Å²) in [6.07, 6.45) is 0.636. The van der Waals surface area contributed by atoms with Crippen LogP contribution in [0.2, 0.25) is 0 Å². The highest BCUT2D eigenvalue weighted by atomic mass is 16.6. The van der Waals surface area contributed by atoms with Crippen molar-refractivity contribution in [3.05, 3.63) is 35.0 Å². The van der Waals surface area contributed by atoms with Gasteiger partial charge in [-0.3, -0.25) is 4.79 Å². The number of para-hydroxylation sites is 1. The zero-order valence-corrected chi connectivity index (χ0v) is 11.8. The number of nitrogens with zero attached hydrogens (tertiary/aromatic N) is 2. The number of amides is 1. The normalized spacial score (nSPS) is 10.3. The van der Waals surface area contributed by atoms with Crippen LogP contribution in [-0.4, -0.2) is 22.8 Å². The van der Waals surface area contributed by atoms with Crippen LogP contribution in [0.1, 0.15) is 23.7 Å². The van der Waals surface area contributed by atoms with Crippen molar-refractivity contribution < 1.29 is 14.2 Å². The molecule has 1 heterocycles. The van der Waals surface area contributed by atoms with Crippen molar-refractivity contribution in [2.24, 2.45) is 0 Å². The largest absolute Gasteiger partial charge is 0.483 e. The van der Waals surface area contributed by atoms with E-state index in [-0.39, 0.29) is 12.5 Å². The van der Waals surface area contributed by atoms with Crippen LogP contribution in [0.5, 0.6) is 5.75 Å². The van der Waals surface area contributed by atoms with Crippen LogP contribution in [0.4, 0.5) is 5.82 Å². The number of carbonyl (C=O) groups is 1. The van der Waals surface area contributed by atoms with Gasteiger partial charge in [-0.25, -0.2) is 4.63 Å². The molecule has 0 atom stereocenters. The van der Waals surface area contributed by atoms with E-state index in [2.05, 4.69) is 20.3 Å². The number of anilines is 1. The SMILES string of the molecule is CCc1nonc1NC(=O)COc1c(C)cccc1C. The standard InChI is InChI=1S/C14H17N3O3/c1-4-11-14(17-20-16-11)15-12(18)8-19-13-9(2)6-5-7-10(13)3/h5-7H,4,8H2,1-3H3,(H,15,17,18). The summed E-state index contributed by atoms with van der Waals surface area (Å²) in [4.78, 5) is 11.8. The molecule has 0 bridgehead atoms. The minimum Gasteiger partial charge on any atom is -0.483 e. The summed E-state index contributed by atoms with van der Waals surface area (Å²) in [6, 6.07) is 5.83. The lowest BCUT2D eigenvalue weighted by atomic mass is 10.1. The number of carbonyl (C=O) groups excluding carboxylic acids is 1. The summed E-state index contributed by atoms with van der Waals surface area (Å²) in [5, 5.41) is 9.96. The summed E-state index contributed by atoms with van der Waals surface area (Å²) in [6.45, 7) is 5.71. The molecule has 0 spiro atoms. The Labute approximate surface area is 117 Å². The number of ether oxygens (including phenoxy) is 1. The third-order valence-corrected chi connectivity index (χ3v) is 2.91. The average molecular weight is 275 g/mol. The molecule has 1 N–H and O–H groups in total. The summed E-state index contributed by atoms with van der Waals surface area (Å²) in [5.74, 6) is 0.789. The summed E-state index contributed by atoms with van der Waals surface area (Å²) >= 11 is 0. The van der Waals surface area contributed by atoms with Crippen molar-refractivity contribution in [3.63, 3.8) is 0 Å². The number of hydrogen-bond acceptors (Lipinski definition) is 5. The molecule has 0 aliphatic carbocycles. The fourth-order valence-corrected chi connectivity index (χ4v) is 1.87. The Bertz CT molecular complexity index is 587. The maximum absolute atomic E-state index is 11.8. The van der Waals surface area contributed by atoms with Crippen LogP contribution < -0.4 is 10.1 Å². The van der Waals surface area contributed by atoms with Gasteiger partial charge in [-0.05, 0) is 36.6 Å². The molecule has 0 fully saturated rings. The van der Waals surface area contributed by atoms with E-state index >= 15 is 0 Å². The van der Waals surface area contributed by atoms with E-state index in [9.17, 15) is 4.79 Å². The molecule has 2 rings (SSSR count). The molecule has 1 aromatic heterocycles. The van der Waals surface area contributed by atoms with E-state index < -0.39 is 0 Å². The first-order valence-corrected chi connectivity index (χ1v) is 6.42. The minimum atomic E-state index is -0.293. The predicted molar refractivity (Wildman–Crippen MR) is 73.7 cm³/mol. The average Bonchev–Trinajstić information content (AvgIpc) is 2.85. The maximum Gasteiger partial charge on any atom is 0.263 e. The molecule has 1 aromatic carbocycles. The topological polar surface area (TPSA) is 77.3 Å². The second kappa shape index (κ2) is 6.18. The van der Waals surface area contributed by atoms with Crippen molar-refractivity contribution >= 4 is 11.7 Å². The van der Waals surface area contributed by atoms with Crippen molar-refractivity contribution in [2.75, 3.05) is 11.9 Å². The van der Waals surface area contributed by atoms with Crippen molar-refractivity contribution in [1.29, 1.82) is 0 Å². The number of rotatable bonds is 5. The molecule has 20 heavy (non-hydrogen) atoms. The summed E-state index contributed by atoms with van der Waals surface area (Å²) < 4.78 is 10.1. The second-order valence-electron chi connectivity index (χ2n) is 4.47. The van der Waals surface area contributed by atoms with Gasteiger partial charge in [0.05, 0.1) is 0 Å². The first-order chi connectivity index (χ1) is 9.61. The van der Waals surface area contributed by atoms with E-state index in [0.717, 1.165) is 16.9 Å². The van der Waals surface area contributed by atoms with Gasteiger partial charge in [-0.15, -0.1) is 0 Å². The Kier molecular flexibility index (Phi) is 4.34. The second-order valence-corrected chi connectivity index (χ2v) is 4.47. The molecular weight excluding hydrogens is 258 g/mol. The van der Waals surface area contributed by atoms with Gasteiger partial charge in [0.1, 0.15) is 11.4 Å². The third kappa shape index (κ3) is 3.14. The Morgan fingerprint density at radius 2 is 2.00 bits per heavy atom. The molecule has 0 aliphatic rings. The monoisotopic (exact) mass is 275 g/mol. The number of aromatic nitrogens is 2. The number of benzene rings is 1. The lowest BCUT2D eigenvalue weighted by Crippen LogP contribution is -2.21. The Balaban J connectivity index is 1.96. The maximum atomic E-state index is 11.8. The van der Waals surface area contributed by atoms with E-state index in [1.807, 2.05) is 39.0 Å². The molecule has 0 radical (unpaired) electrons. The van der Waals surface area contributed by atoms with Gasteiger partial charge in [0.25, 0.3) is 5.91 Å². The fourth-order valence-electron chi connectivity index (χ4n) is 1.87. The number of nitrogens with one attached hydrogen (secondary N) is 1. The Morgan fingerprint density at radius 1 is 1.30 bits per heavy atom. The molecular formula is C14H17N3O3. The molecule has 0 saturated heterocycles. The van der Waals surface area contributed by atoms with Crippen LogP contribution >= 0.6 is 0 Å². The molecule has 6 heteroatoms. The van der Waals surface area contributed by atoms with E-state index in [1.54, 1.807) is 0 Å². The van der Waals surface area contributed by atoms with Gasteiger partial charge in [-0.2, -0.15) is 0 Å². The van der Waals surface area contributed by atoms with Crippen LogP contribution in [0.3, 0.4) is 0 Å². The molecule has 1 amide bonds. The van der Waals surface area contributed by atoms with Gasteiger partial charge in [-0.1, -0.05) is 30.3 Å². The highest BCUT2D eigenvalue weighted by Crippen LogP contribution is 2.22. The molecule has 0 aliphatic heterocycles. The zero-order valence-electron chi connectivity index (χ0n) is 11.8. The lowest BCUT2D eigenvalue weighted by molar-refractivity contribution is -0.118. The third-order valence-electron chi connectivity index (χ3n) is 2.91. The van der Waals surface area contributed by atoms with Gasteiger partial charge >= 0.3 is 0 Å². The van der Waals surface area contributed by atoms with Gasteiger partial charge < -0.3 is 10.1 Å². The van der Waals surface area contributed by atoms with Crippen molar-refractivity contribution in [1.82, 2.24) is 10.3 Å². The molecule has 0 saturated carbocycles. The summed E-state index contributed by atoms with van der Waals surface area (Å²) in [5.41, 5.74) is 2.61. The van der Waals surface area contributed by atoms with E-state index in [0.29, 0.717) is 17.9 Å². The first-order valence-electron chi connectivity index (χ1n) is 6.42. The van der Waals surface area contributed by atoms with Gasteiger partial charge in [0.15, 0.2) is 6.61 Å². The van der Waals surface area contributed by atoms with Crippen molar-refractivity contribution in [3.8, 4) is 5.75 Å². The quantitative estimate of drug-likeness (QED) is 0.905. The molecule has 6 nitrogen and oxygen atoms in total. The van der Waals surface area contributed by atoms with E-state index in [1.165, 1.54) is 0 Å². The smallest absolute Gasteiger partial charge is 0.263 e. The Hall–Kier alpha value is -2.37. The summed E-state index contributed by atoms with van der Waals surface area (Å²) in [7, 11) is 0. The van der Waals surface area contributed by atoms with Crippen LogP contribution in [0, 0.1) is 13.8 Å². The number of aryl methyl sites for hydroxylation is 3. The highest BCUT2D eigenvalue weighted by molar-refractivity contribution is 5.91. The van der Waals surface area contributed by atoms with Crippen LogP contribution in [0.25, 0.3) is 0 Å². The van der Waals surface area contributed by atoms with Crippen LogP contribution in [0.15, 0.2) is 22.8 Å². The molecule has 2 aromatic rings. The number of hydrogen-bond donors (Lipinski definition) is 1. The predicted octanol–water partition coefficient (Wildman–Crippen LogP) is 2.27. The zero-order chi connectivity index (χ0) is 14.5. The van der Waals surface area contributed by atoms with Crippen LogP contribution in [-0.2, 0) is 11.2 Å². The van der Waals surface area contributed by atoms with Gasteiger partial charge in [0, 0.05) is 0 Å². The van der Waals surface area contributed by atoms with Gasteiger partial charge in [0.2, 0.25) is 5.82 Å². The molecule has 0 unspecified atom stereocenters.